The minimum Gasteiger partial charge on any atom is -0.481 e. The lowest BCUT2D eigenvalue weighted by Gasteiger charge is -2.23. The lowest BCUT2D eigenvalue weighted by Crippen LogP contribution is -2.22. The first-order valence-electron chi connectivity index (χ1n) is 6.45. The van der Waals surface area contributed by atoms with E-state index in [-0.39, 0.29) is 5.75 Å². The van der Waals surface area contributed by atoms with E-state index in [9.17, 15) is 4.79 Å². The molecule has 0 heterocycles. The first kappa shape index (κ1) is 13.3. The second-order valence-electron chi connectivity index (χ2n) is 4.69. The number of hydrogen-bond donors (Lipinski definition) is 2. The molecule has 0 unspecified atom stereocenters. The summed E-state index contributed by atoms with van der Waals surface area (Å²) in [5, 5.41) is 12.2. The van der Waals surface area contributed by atoms with E-state index in [0.717, 1.165) is 10.6 Å². The molecular weight excluding hydrogens is 246 g/mol. The summed E-state index contributed by atoms with van der Waals surface area (Å²) in [6.07, 6.45) is 6.53. The van der Waals surface area contributed by atoms with Crippen LogP contribution in [0, 0.1) is 0 Å². The fourth-order valence-corrected chi connectivity index (χ4v) is 2.89. The monoisotopic (exact) mass is 265 g/mol. The van der Waals surface area contributed by atoms with Crippen molar-refractivity contribution in [3.05, 3.63) is 24.3 Å². The van der Waals surface area contributed by atoms with Crippen molar-refractivity contribution in [2.24, 2.45) is 0 Å². The molecule has 18 heavy (non-hydrogen) atoms. The highest BCUT2D eigenvalue weighted by molar-refractivity contribution is 8.00. The second kappa shape index (κ2) is 6.69. The molecule has 3 nitrogen and oxygen atoms in total. The van der Waals surface area contributed by atoms with E-state index in [4.69, 9.17) is 5.11 Å². The molecular formula is C14H19NO2S. The Bertz CT molecular complexity index is 385. The van der Waals surface area contributed by atoms with Gasteiger partial charge in [-0.15, -0.1) is 11.8 Å². The van der Waals surface area contributed by atoms with E-state index < -0.39 is 5.97 Å². The smallest absolute Gasteiger partial charge is 0.313 e. The summed E-state index contributed by atoms with van der Waals surface area (Å²) in [5.41, 5.74) is 1.14. The highest BCUT2D eigenvalue weighted by Crippen LogP contribution is 2.24. The SMILES string of the molecule is O=C(O)CSc1ccc(NC2CCCCC2)cc1. The van der Waals surface area contributed by atoms with Gasteiger partial charge in [0.25, 0.3) is 0 Å². The molecule has 98 valence electrons. The molecule has 0 atom stereocenters. The van der Waals surface area contributed by atoms with Crippen molar-refractivity contribution in [2.45, 2.75) is 43.0 Å². The molecule has 0 saturated heterocycles. The second-order valence-corrected chi connectivity index (χ2v) is 5.73. The Labute approximate surface area is 112 Å². The summed E-state index contributed by atoms with van der Waals surface area (Å²) >= 11 is 1.36. The molecule has 0 aliphatic heterocycles. The highest BCUT2D eigenvalue weighted by Gasteiger charge is 2.12. The number of anilines is 1. The van der Waals surface area contributed by atoms with Crippen molar-refractivity contribution in [2.75, 3.05) is 11.1 Å². The van der Waals surface area contributed by atoms with Crippen LogP contribution in [-0.4, -0.2) is 22.9 Å². The zero-order chi connectivity index (χ0) is 12.8. The molecule has 0 amide bonds. The summed E-state index contributed by atoms with van der Waals surface area (Å²) in [5.74, 6) is -0.653. The van der Waals surface area contributed by atoms with Crippen LogP contribution in [0.1, 0.15) is 32.1 Å². The van der Waals surface area contributed by atoms with Crippen molar-refractivity contribution in [1.29, 1.82) is 0 Å². The number of carbonyl (C=O) groups is 1. The zero-order valence-corrected chi connectivity index (χ0v) is 11.2. The van der Waals surface area contributed by atoms with Crippen molar-refractivity contribution < 1.29 is 9.90 Å². The van der Waals surface area contributed by atoms with Gasteiger partial charge in [0, 0.05) is 16.6 Å². The van der Waals surface area contributed by atoms with Gasteiger partial charge in [0.05, 0.1) is 5.75 Å². The van der Waals surface area contributed by atoms with E-state index in [1.807, 2.05) is 24.3 Å². The summed E-state index contributed by atoms with van der Waals surface area (Å²) in [6, 6.07) is 8.66. The maximum atomic E-state index is 10.5. The fourth-order valence-electron chi connectivity index (χ4n) is 2.28. The topological polar surface area (TPSA) is 49.3 Å². The Balaban J connectivity index is 1.84. The van der Waals surface area contributed by atoms with Gasteiger partial charge in [-0.1, -0.05) is 19.3 Å². The minimum absolute atomic E-state index is 0.120. The van der Waals surface area contributed by atoms with Gasteiger partial charge < -0.3 is 10.4 Å². The molecule has 4 heteroatoms. The molecule has 2 N–H and O–H groups in total. The van der Waals surface area contributed by atoms with E-state index >= 15 is 0 Å². The van der Waals surface area contributed by atoms with Crippen LogP contribution in [-0.2, 0) is 4.79 Å². The van der Waals surface area contributed by atoms with Gasteiger partial charge in [-0.25, -0.2) is 0 Å². The number of carboxylic acid groups (broad SMARTS) is 1. The molecule has 0 radical (unpaired) electrons. The van der Waals surface area contributed by atoms with Gasteiger partial charge >= 0.3 is 5.97 Å². The third kappa shape index (κ3) is 4.26. The van der Waals surface area contributed by atoms with E-state index in [1.165, 1.54) is 43.9 Å². The number of rotatable bonds is 5. The predicted molar refractivity (Wildman–Crippen MR) is 75.3 cm³/mol. The highest BCUT2D eigenvalue weighted by atomic mass is 32.2. The number of carboxylic acids is 1. The Kier molecular flexibility index (Phi) is 4.93. The average Bonchev–Trinajstić information content (AvgIpc) is 2.39. The van der Waals surface area contributed by atoms with Crippen LogP contribution < -0.4 is 5.32 Å². The third-order valence-corrected chi connectivity index (χ3v) is 4.19. The Morgan fingerprint density at radius 2 is 1.89 bits per heavy atom. The van der Waals surface area contributed by atoms with Crippen molar-refractivity contribution in [3.63, 3.8) is 0 Å². The van der Waals surface area contributed by atoms with Crippen molar-refractivity contribution in [3.8, 4) is 0 Å². The summed E-state index contributed by atoms with van der Waals surface area (Å²) < 4.78 is 0. The molecule has 1 aromatic rings. The lowest BCUT2D eigenvalue weighted by atomic mass is 9.95. The lowest BCUT2D eigenvalue weighted by molar-refractivity contribution is -0.133. The molecule has 1 aromatic carbocycles. The molecule has 2 rings (SSSR count). The molecule has 1 saturated carbocycles. The normalized spacial score (nSPS) is 16.4. The van der Waals surface area contributed by atoms with Gasteiger partial charge in [0.15, 0.2) is 0 Å². The van der Waals surface area contributed by atoms with Gasteiger partial charge in [-0.2, -0.15) is 0 Å². The van der Waals surface area contributed by atoms with E-state index in [1.54, 1.807) is 0 Å². The Morgan fingerprint density at radius 3 is 2.50 bits per heavy atom. The minimum atomic E-state index is -0.774. The van der Waals surface area contributed by atoms with Gasteiger partial charge in [0.1, 0.15) is 0 Å². The number of hydrogen-bond acceptors (Lipinski definition) is 3. The molecule has 0 spiro atoms. The molecule has 0 aromatic heterocycles. The standard InChI is InChI=1S/C14H19NO2S/c16-14(17)10-18-13-8-6-12(7-9-13)15-11-4-2-1-3-5-11/h6-9,11,15H,1-5,10H2,(H,16,17). The van der Waals surface area contributed by atoms with E-state index in [0.29, 0.717) is 6.04 Å². The number of aliphatic carboxylic acids is 1. The number of benzene rings is 1. The van der Waals surface area contributed by atoms with Crippen LogP contribution in [0.5, 0.6) is 0 Å². The van der Waals surface area contributed by atoms with Crippen LogP contribution in [0.15, 0.2) is 29.2 Å². The Hall–Kier alpha value is -1.16. The van der Waals surface area contributed by atoms with Gasteiger partial charge in [-0.3, -0.25) is 4.79 Å². The molecule has 0 bridgehead atoms. The third-order valence-electron chi connectivity index (χ3n) is 3.19. The van der Waals surface area contributed by atoms with Gasteiger partial charge in [-0.05, 0) is 37.1 Å². The molecule has 1 aliphatic carbocycles. The first-order valence-corrected chi connectivity index (χ1v) is 7.44. The molecule has 1 aliphatic rings. The van der Waals surface area contributed by atoms with Crippen molar-refractivity contribution in [1.82, 2.24) is 0 Å². The maximum absolute atomic E-state index is 10.5. The average molecular weight is 265 g/mol. The van der Waals surface area contributed by atoms with Crippen LogP contribution in [0.2, 0.25) is 0 Å². The largest absolute Gasteiger partial charge is 0.481 e. The predicted octanol–water partition coefficient (Wildman–Crippen LogP) is 3.61. The molecule has 1 fully saturated rings. The van der Waals surface area contributed by atoms with Crippen LogP contribution >= 0.6 is 11.8 Å². The van der Waals surface area contributed by atoms with E-state index in [2.05, 4.69) is 5.32 Å². The summed E-state index contributed by atoms with van der Waals surface area (Å²) in [4.78, 5) is 11.5. The maximum Gasteiger partial charge on any atom is 0.313 e. The van der Waals surface area contributed by atoms with Crippen LogP contribution in [0.3, 0.4) is 0 Å². The summed E-state index contributed by atoms with van der Waals surface area (Å²) in [6.45, 7) is 0. The summed E-state index contributed by atoms with van der Waals surface area (Å²) in [7, 11) is 0. The quantitative estimate of drug-likeness (QED) is 0.799. The number of nitrogens with one attached hydrogen (secondary N) is 1. The first-order chi connectivity index (χ1) is 8.74. The van der Waals surface area contributed by atoms with Crippen LogP contribution in [0.25, 0.3) is 0 Å². The van der Waals surface area contributed by atoms with Crippen LogP contribution in [0.4, 0.5) is 5.69 Å². The van der Waals surface area contributed by atoms with Crippen molar-refractivity contribution >= 4 is 23.4 Å². The van der Waals surface area contributed by atoms with Gasteiger partial charge in [0.2, 0.25) is 0 Å². The fraction of sp³-hybridized carbons (Fsp3) is 0.500. The Morgan fingerprint density at radius 1 is 1.22 bits per heavy atom. The zero-order valence-electron chi connectivity index (χ0n) is 10.4. The number of thioether (sulfide) groups is 1.